The van der Waals surface area contributed by atoms with Gasteiger partial charge in [-0.3, -0.25) is 4.79 Å². The predicted molar refractivity (Wildman–Crippen MR) is 72.3 cm³/mol. The normalized spacial score (nSPS) is 17.8. The first-order valence-corrected chi connectivity index (χ1v) is 6.53. The Morgan fingerprint density at radius 3 is 2.81 bits per heavy atom. The van der Waals surface area contributed by atoms with Gasteiger partial charge in [0.05, 0.1) is 12.0 Å². The van der Waals surface area contributed by atoms with E-state index in [1.165, 1.54) is 18.2 Å². The van der Waals surface area contributed by atoms with Crippen molar-refractivity contribution in [3.8, 4) is 0 Å². The quantitative estimate of drug-likeness (QED) is 0.788. The maximum Gasteiger partial charge on any atom is 0.375 e. The number of hydrogen-bond acceptors (Lipinski definition) is 6. The lowest BCUT2D eigenvalue weighted by molar-refractivity contribution is -0.145. The molecule has 0 unspecified atom stereocenters. The molecule has 21 heavy (non-hydrogen) atoms. The van der Waals surface area contributed by atoms with Crippen LogP contribution in [0.1, 0.15) is 17.0 Å². The number of carbonyl (C=O) groups is 2. The molecule has 108 valence electrons. The molecule has 0 N–H and O–H groups in total. The lowest BCUT2D eigenvalue weighted by Gasteiger charge is -2.08. The third-order valence-electron chi connectivity index (χ3n) is 3.03. The van der Waals surface area contributed by atoms with Gasteiger partial charge in [0.15, 0.2) is 5.43 Å². The van der Waals surface area contributed by atoms with Crippen molar-refractivity contribution in [3.05, 3.63) is 45.3 Å². The summed E-state index contributed by atoms with van der Waals surface area (Å²) in [5, 5.41) is 0.651. The molecule has 2 heterocycles. The fourth-order valence-corrected chi connectivity index (χ4v) is 2.17. The van der Waals surface area contributed by atoms with Crippen molar-refractivity contribution < 1.29 is 23.5 Å². The van der Waals surface area contributed by atoms with E-state index in [-0.39, 0.29) is 29.8 Å². The van der Waals surface area contributed by atoms with E-state index in [1.807, 2.05) is 0 Å². The molecule has 2 aromatic rings. The topological polar surface area (TPSA) is 82.8 Å². The number of cyclic esters (lactones) is 1. The first-order valence-electron chi connectivity index (χ1n) is 6.15. The Bertz CT molecular complexity index is 794. The number of hydrogen-bond donors (Lipinski definition) is 0. The van der Waals surface area contributed by atoms with Gasteiger partial charge in [-0.1, -0.05) is 11.6 Å². The molecule has 1 aromatic heterocycles. The highest BCUT2D eigenvalue weighted by Crippen LogP contribution is 2.19. The van der Waals surface area contributed by atoms with E-state index in [9.17, 15) is 14.4 Å². The van der Waals surface area contributed by atoms with Gasteiger partial charge in [0.25, 0.3) is 0 Å². The van der Waals surface area contributed by atoms with Gasteiger partial charge in [0, 0.05) is 17.5 Å². The standard InChI is InChI=1S/C14H9ClO6/c15-7-1-2-10-8(5-7)9(16)6-12(20-10)14(18)21-11-3-4-19-13(11)17/h1-2,5-6,11H,3-4H2/t11-/m0/s1. The molecule has 1 aliphatic heterocycles. The van der Waals surface area contributed by atoms with Crippen LogP contribution < -0.4 is 5.43 Å². The molecular formula is C14H9ClO6. The Hall–Kier alpha value is -2.34. The Balaban J connectivity index is 1.93. The van der Waals surface area contributed by atoms with Crippen LogP contribution in [0.4, 0.5) is 0 Å². The van der Waals surface area contributed by atoms with Gasteiger partial charge >= 0.3 is 11.9 Å². The number of benzene rings is 1. The second kappa shape index (κ2) is 5.21. The SMILES string of the molecule is O=C(O[C@H]1CCOC1=O)c1cc(=O)c2cc(Cl)ccc2o1. The number of rotatable bonds is 2. The van der Waals surface area contributed by atoms with E-state index in [4.69, 9.17) is 20.8 Å². The van der Waals surface area contributed by atoms with Crippen molar-refractivity contribution in [1.82, 2.24) is 0 Å². The second-order valence-corrected chi connectivity index (χ2v) is 4.90. The summed E-state index contributed by atoms with van der Waals surface area (Å²) < 4.78 is 15.0. The van der Waals surface area contributed by atoms with Gasteiger partial charge in [-0.15, -0.1) is 0 Å². The van der Waals surface area contributed by atoms with Crippen LogP contribution >= 0.6 is 11.6 Å². The highest BCUT2D eigenvalue weighted by Gasteiger charge is 2.31. The van der Waals surface area contributed by atoms with Crippen LogP contribution in [0.15, 0.2) is 33.5 Å². The summed E-state index contributed by atoms with van der Waals surface area (Å²) in [6.45, 7) is 0.205. The second-order valence-electron chi connectivity index (χ2n) is 4.47. The van der Waals surface area contributed by atoms with Crippen LogP contribution in [0.2, 0.25) is 5.02 Å². The van der Waals surface area contributed by atoms with Crippen LogP contribution in [-0.4, -0.2) is 24.6 Å². The number of ether oxygens (including phenoxy) is 2. The maximum absolute atomic E-state index is 11.9. The molecule has 0 bridgehead atoms. The third-order valence-corrected chi connectivity index (χ3v) is 3.26. The predicted octanol–water partition coefficient (Wildman–Crippen LogP) is 1.92. The lowest BCUT2D eigenvalue weighted by Crippen LogP contribution is -2.23. The number of halogens is 1. The van der Waals surface area contributed by atoms with Crippen LogP contribution in [0.25, 0.3) is 11.0 Å². The average Bonchev–Trinajstić information content (AvgIpc) is 2.85. The van der Waals surface area contributed by atoms with Gasteiger partial charge < -0.3 is 13.9 Å². The maximum atomic E-state index is 11.9. The monoisotopic (exact) mass is 308 g/mol. The molecule has 0 radical (unpaired) electrons. The average molecular weight is 309 g/mol. The Kier molecular flexibility index (Phi) is 3.39. The molecule has 0 amide bonds. The number of fused-ring (bicyclic) bond motifs is 1. The third kappa shape index (κ3) is 2.62. The van der Waals surface area contributed by atoms with Crippen molar-refractivity contribution in [1.29, 1.82) is 0 Å². The van der Waals surface area contributed by atoms with Crippen molar-refractivity contribution >= 4 is 34.5 Å². The van der Waals surface area contributed by atoms with Crippen LogP contribution in [0, 0.1) is 0 Å². The molecule has 1 aromatic carbocycles. The van der Waals surface area contributed by atoms with Crippen molar-refractivity contribution in [2.45, 2.75) is 12.5 Å². The summed E-state index contributed by atoms with van der Waals surface area (Å²) in [6, 6.07) is 5.49. The molecule has 0 saturated carbocycles. The minimum absolute atomic E-state index is 0.205. The largest absolute Gasteiger partial charge is 0.463 e. The van der Waals surface area contributed by atoms with Gasteiger partial charge in [-0.05, 0) is 18.2 Å². The van der Waals surface area contributed by atoms with Gasteiger partial charge in [-0.2, -0.15) is 0 Å². The van der Waals surface area contributed by atoms with Crippen molar-refractivity contribution in [2.24, 2.45) is 0 Å². The van der Waals surface area contributed by atoms with Crippen molar-refractivity contribution in [2.75, 3.05) is 6.61 Å². The molecule has 1 fully saturated rings. The smallest absolute Gasteiger partial charge is 0.375 e. The van der Waals surface area contributed by atoms with E-state index in [1.54, 1.807) is 0 Å². The Morgan fingerprint density at radius 1 is 1.29 bits per heavy atom. The van der Waals surface area contributed by atoms with Gasteiger partial charge in [0.2, 0.25) is 11.9 Å². The van der Waals surface area contributed by atoms with Crippen LogP contribution in [-0.2, 0) is 14.3 Å². The Labute approximate surface area is 123 Å². The van der Waals surface area contributed by atoms with Crippen LogP contribution in [0.5, 0.6) is 0 Å². The zero-order chi connectivity index (χ0) is 15.0. The van der Waals surface area contributed by atoms with Crippen molar-refractivity contribution in [3.63, 3.8) is 0 Å². The minimum atomic E-state index is -0.955. The zero-order valence-electron chi connectivity index (χ0n) is 10.6. The fourth-order valence-electron chi connectivity index (χ4n) is 2.00. The molecular weight excluding hydrogens is 300 g/mol. The fraction of sp³-hybridized carbons (Fsp3) is 0.214. The summed E-state index contributed by atoms with van der Waals surface area (Å²) >= 11 is 5.80. The summed E-state index contributed by atoms with van der Waals surface area (Å²) in [7, 11) is 0. The Morgan fingerprint density at radius 2 is 2.10 bits per heavy atom. The molecule has 3 rings (SSSR count). The van der Waals surface area contributed by atoms with E-state index < -0.39 is 23.5 Å². The number of esters is 2. The number of carbonyl (C=O) groups excluding carboxylic acids is 2. The molecule has 1 atom stereocenters. The first-order chi connectivity index (χ1) is 10.0. The van der Waals surface area contributed by atoms with E-state index in [0.717, 1.165) is 6.07 Å². The molecule has 0 spiro atoms. The highest BCUT2D eigenvalue weighted by atomic mass is 35.5. The van der Waals surface area contributed by atoms with E-state index >= 15 is 0 Å². The highest BCUT2D eigenvalue weighted by molar-refractivity contribution is 6.31. The summed E-state index contributed by atoms with van der Waals surface area (Å²) in [6.07, 6.45) is -0.665. The first kappa shape index (κ1) is 13.6. The molecule has 7 heteroatoms. The lowest BCUT2D eigenvalue weighted by atomic mass is 10.2. The molecule has 0 aliphatic carbocycles. The summed E-state index contributed by atoms with van der Waals surface area (Å²) in [5.41, 5.74) is -0.201. The van der Waals surface area contributed by atoms with Crippen LogP contribution in [0.3, 0.4) is 0 Å². The van der Waals surface area contributed by atoms with Gasteiger partial charge in [-0.25, -0.2) is 9.59 Å². The summed E-state index contributed by atoms with van der Waals surface area (Å²) in [4.78, 5) is 35.1. The van der Waals surface area contributed by atoms with E-state index in [0.29, 0.717) is 5.02 Å². The summed E-state index contributed by atoms with van der Waals surface area (Å²) in [5.74, 6) is -1.75. The minimum Gasteiger partial charge on any atom is -0.463 e. The van der Waals surface area contributed by atoms with Gasteiger partial charge in [0.1, 0.15) is 5.58 Å². The molecule has 6 nitrogen and oxygen atoms in total. The molecule has 1 aliphatic rings. The van der Waals surface area contributed by atoms with E-state index in [2.05, 4.69) is 4.74 Å². The molecule has 1 saturated heterocycles. The zero-order valence-corrected chi connectivity index (χ0v) is 11.4.